The van der Waals surface area contributed by atoms with E-state index in [0.717, 1.165) is 37.7 Å². The Kier molecular flexibility index (Phi) is 7.54. The topological polar surface area (TPSA) is 145 Å². The number of amides is 2. The predicted octanol–water partition coefficient (Wildman–Crippen LogP) is 1.17. The maximum Gasteiger partial charge on any atom is 0.326 e. The van der Waals surface area contributed by atoms with Gasteiger partial charge >= 0.3 is 5.97 Å². The number of nitrogens with two attached hydrogens (primary N) is 1. The van der Waals surface area contributed by atoms with Crippen molar-refractivity contribution in [2.24, 2.45) is 11.7 Å². The lowest BCUT2D eigenvalue weighted by molar-refractivity contribution is -0.144. The van der Waals surface area contributed by atoms with Gasteiger partial charge in [-0.05, 0) is 24.3 Å². The lowest BCUT2D eigenvalue weighted by atomic mass is 9.83. The SMILES string of the molecule is CC(=O)NC(Cc1ccc(C(=N)N)cc1)C(=O)N[C@H](C(=O)O)C1CCCCC1. The number of carbonyl (C=O) groups is 3. The smallest absolute Gasteiger partial charge is 0.326 e. The van der Waals surface area contributed by atoms with E-state index in [9.17, 15) is 19.5 Å². The van der Waals surface area contributed by atoms with Gasteiger partial charge in [0.25, 0.3) is 0 Å². The summed E-state index contributed by atoms with van der Waals surface area (Å²) in [5, 5.41) is 22.2. The van der Waals surface area contributed by atoms with Crippen LogP contribution in [-0.2, 0) is 20.8 Å². The van der Waals surface area contributed by atoms with Crippen molar-refractivity contribution < 1.29 is 19.5 Å². The molecule has 2 amide bonds. The Bertz CT molecular complexity index is 726. The minimum absolute atomic E-state index is 0.0560. The molecule has 1 aliphatic carbocycles. The number of nitrogens with one attached hydrogen (secondary N) is 3. The third-order valence-electron chi connectivity index (χ3n) is 5.08. The second-order valence-electron chi connectivity index (χ2n) is 7.29. The van der Waals surface area contributed by atoms with Gasteiger partial charge in [0.2, 0.25) is 11.8 Å². The van der Waals surface area contributed by atoms with E-state index >= 15 is 0 Å². The van der Waals surface area contributed by atoms with Crippen LogP contribution in [0.25, 0.3) is 0 Å². The summed E-state index contributed by atoms with van der Waals surface area (Å²) in [6.07, 6.45) is 4.76. The van der Waals surface area contributed by atoms with Crippen molar-refractivity contribution in [2.45, 2.75) is 57.5 Å². The number of aliphatic carboxylic acids is 1. The van der Waals surface area contributed by atoms with E-state index in [0.29, 0.717) is 5.56 Å². The summed E-state index contributed by atoms with van der Waals surface area (Å²) in [6, 6.07) is 4.96. The van der Waals surface area contributed by atoms with Crippen LogP contribution in [0.4, 0.5) is 0 Å². The molecule has 1 aliphatic rings. The average molecular weight is 388 g/mol. The minimum Gasteiger partial charge on any atom is -0.480 e. The fourth-order valence-corrected chi connectivity index (χ4v) is 3.61. The van der Waals surface area contributed by atoms with Crippen LogP contribution in [-0.4, -0.2) is 40.8 Å². The first-order chi connectivity index (χ1) is 13.3. The zero-order valence-electron chi connectivity index (χ0n) is 16.0. The van der Waals surface area contributed by atoms with Gasteiger partial charge in [0.05, 0.1) is 0 Å². The Morgan fingerprint density at radius 3 is 2.25 bits per heavy atom. The zero-order valence-corrected chi connectivity index (χ0v) is 16.0. The van der Waals surface area contributed by atoms with Crippen molar-refractivity contribution in [1.82, 2.24) is 10.6 Å². The normalized spacial score (nSPS) is 16.6. The standard InChI is InChI=1S/C20H28N4O4/c1-12(25)23-16(11-13-7-9-15(10-8-13)18(21)22)19(26)24-17(20(27)28)14-5-3-2-4-6-14/h7-10,14,16-17H,2-6,11H2,1H3,(H3,21,22)(H,23,25)(H,24,26)(H,27,28)/t16?,17-/m0/s1. The van der Waals surface area contributed by atoms with Gasteiger partial charge in [-0.25, -0.2) is 4.79 Å². The van der Waals surface area contributed by atoms with Gasteiger partial charge in [0, 0.05) is 18.9 Å². The van der Waals surface area contributed by atoms with Gasteiger partial charge < -0.3 is 21.5 Å². The highest BCUT2D eigenvalue weighted by Crippen LogP contribution is 2.26. The highest BCUT2D eigenvalue weighted by atomic mass is 16.4. The molecule has 0 spiro atoms. The summed E-state index contributed by atoms with van der Waals surface area (Å²) >= 11 is 0. The number of carboxylic acids is 1. The van der Waals surface area contributed by atoms with Crippen LogP contribution in [0.1, 0.15) is 50.2 Å². The Morgan fingerprint density at radius 1 is 1.14 bits per heavy atom. The second kappa shape index (κ2) is 9.87. The first-order valence-corrected chi connectivity index (χ1v) is 9.51. The van der Waals surface area contributed by atoms with E-state index in [1.807, 2.05) is 0 Å². The monoisotopic (exact) mass is 388 g/mol. The molecule has 2 rings (SSSR count). The number of carbonyl (C=O) groups excluding carboxylic acids is 2. The molecular formula is C20H28N4O4. The van der Waals surface area contributed by atoms with Gasteiger partial charge in [0.15, 0.2) is 0 Å². The molecule has 1 unspecified atom stereocenters. The lowest BCUT2D eigenvalue weighted by Gasteiger charge is -2.29. The Labute approximate surface area is 164 Å². The summed E-state index contributed by atoms with van der Waals surface area (Å²) < 4.78 is 0. The Morgan fingerprint density at radius 2 is 1.75 bits per heavy atom. The number of amidine groups is 1. The third kappa shape index (κ3) is 6.07. The van der Waals surface area contributed by atoms with Crippen LogP contribution in [0.2, 0.25) is 0 Å². The van der Waals surface area contributed by atoms with Crippen molar-refractivity contribution in [2.75, 3.05) is 0 Å². The lowest BCUT2D eigenvalue weighted by Crippen LogP contribution is -2.54. The molecule has 0 aliphatic heterocycles. The molecule has 2 atom stereocenters. The van der Waals surface area contributed by atoms with Gasteiger partial charge in [-0.2, -0.15) is 0 Å². The molecule has 0 bridgehead atoms. The zero-order chi connectivity index (χ0) is 20.7. The molecule has 8 heteroatoms. The quantitative estimate of drug-likeness (QED) is 0.335. The van der Waals surface area contributed by atoms with Gasteiger partial charge in [-0.1, -0.05) is 43.5 Å². The second-order valence-corrected chi connectivity index (χ2v) is 7.29. The van der Waals surface area contributed by atoms with Crippen molar-refractivity contribution >= 4 is 23.6 Å². The number of rotatable bonds is 8. The molecule has 1 aromatic carbocycles. The molecule has 1 fully saturated rings. The van der Waals surface area contributed by atoms with Crippen molar-refractivity contribution in [1.29, 1.82) is 5.41 Å². The summed E-state index contributed by atoms with van der Waals surface area (Å²) in [5.74, 6) is -2.08. The van der Waals surface area contributed by atoms with Crippen molar-refractivity contribution in [3.63, 3.8) is 0 Å². The third-order valence-corrected chi connectivity index (χ3v) is 5.08. The Hall–Kier alpha value is -2.90. The van der Waals surface area contributed by atoms with Gasteiger partial charge in [-0.15, -0.1) is 0 Å². The number of nitrogen functional groups attached to an aromatic ring is 1. The van der Waals surface area contributed by atoms with E-state index in [4.69, 9.17) is 11.1 Å². The van der Waals surface area contributed by atoms with Crippen LogP contribution < -0.4 is 16.4 Å². The fourth-order valence-electron chi connectivity index (χ4n) is 3.61. The maximum atomic E-state index is 12.8. The fraction of sp³-hybridized carbons (Fsp3) is 0.500. The van der Waals surface area contributed by atoms with E-state index < -0.39 is 24.0 Å². The highest BCUT2D eigenvalue weighted by molar-refractivity contribution is 5.95. The van der Waals surface area contributed by atoms with Gasteiger partial charge in [0.1, 0.15) is 17.9 Å². The first-order valence-electron chi connectivity index (χ1n) is 9.51. The molecule has 0 radical (unpaired) electrons. The van der Waals surface area contributed by atoms with Crippen LogP contribution in [0, 0.1) is 11.3 Å². The number of hydrogen-bond donors (Lipinski definition) is 5. The van der Waals surface area contributed by atoms with Crippen LogP contribution >= 0.6 is 0 Å². The Balaban J connectivity index is 2.11. The summed E-state index contributed by atoms with van der Waals surface area (Å²) in [6.45, 7) is 1.31. The molecule has 1 aromatic rings. The minimum atomic E-state index is -1.05. The highest BCUT2D eigenvalue weighted by Gasteiger charge is 2.33. The molecule has 0 aromatic heterocycles. The van der Waals surface area contributed by atoms with E-state index in [1.165, 1.54) is 6.92 Å². The van der Waals surface area contributed by atoms with E-state index in [1.54, 1.807) is 24.3 Å². The summed E-state index contributed by atoms with van der Waals surface area (Å²) in [7, 11) is 0. The number of hydrogen-bond acceptors (Lipinski definition) is 4. The molecule has 0 saturated heterocycles. The van der Waals surface area contributed by atoms with E-state index in [2.05, 4.69) is 10.6 Å². The van der Waals surface area contributed by atoms with Crippen LogP contribution in [0.3, 0.4) is 0 Å². The van der Waals surface area contributed by atoms with E-state index in [-0.39, 0.29) is 24.1 Å². The molecule has 1 saturated carbocycles. The molecular weight excluding hydrogens is 360 g/mol. The maximum absolute atomic E-state index is 12.8. The van der Waals surface area contributed by atoms with Crippen LogP contribution in [0.5, 0.6) is 0 Å². The summed E-state index contributed by atoms with van der Waals surface area (Å²) in [4.78, 5) is 36.0. The van der Waals surface area contributed by atoms with Crippen LogP contribution in [0.15, 0.2) is 24.3 Å². The first kappa shape index (κ1) is 21.4. The summed E-state index contributed by atoms with van der Waals surface area (Å²) in [5.41, 5.74) is 6.77. The molecule has 28 heavy (non-hydrogen) atoms. The van der Waals surface area contributed by atoms with Crippen molar-refractivity contribution in [3.8, 4) is 0 Å². The molecule has 6 N–H and O–H groups in total. The molecule has 0 heterocycles. The molecule has 152 valence electrons. The predicted molar refractivity (Wildman–Crippen MR) is 105 cm³/mol. The molecule has 8 nitrogen and oxygen atoms in total. The van der Waals surface area contributed by atoms with Gasteiger partial charge in [-0.3, -0.25) is 15.0 Å². The van der Waals surface area contributed by atoms with Crippen molar-refractivity contribution in [3.05, 3.63) is 35.4 Å². The number of benzene rings is 1. The largest absolute Gasteiger partial charge is 0.480 e. The average Bonchev–Trinajstić information content (AvgIpc) is 2.66. The number of carboxylic acid groups (broad SMARTS) is 1.